The quantitative estimate of drug-likeness (QED) is 0.708. The molecule has 152 valence electrons. The Morgan fingerprint density at radius 1 is 1.07 bits per heavy atom. The number of methoxy groups -OCH3 is 1. The standard InChI is InChI=1S/C20H27BF2N2O3/c1-7-16-14(12-24-25(16)10-11-26-6)13-8-9-15(18(23)17(13)22)21-27-19(2,3)20(4,5)28-21/h8-9,12H,7,10-11H2,1-6H3. The molecule has 0 saturated carbocycles. The van der Waals surface area contributed by atoms with E-state index in [1.165, 1.54) is 6.07 Å². The van der Waals surface area contributed by atoms with E-state index in [4.69, 9.17) is 14.0 Å². The molecule has 0 bridgehead atoms. The molecular formula is C20H27BF2N2O3. The Morgan fingerprint density at radius 2 is 1.71 bits per heavy atom. The van der Waals surface area contributed by atoms with Crippen LogP contribution in [0, 0.1) is 11.6 Å². The highest BCUT2D eigenvalue weighted by molar-refractivity contribution is 6.62. The molecule has 1 saturated heterocycles. The number of hydrogen-bond acceptors (Lipinski definition) is 4. The minimum atomic E-state index is -0.956. The predicted octanol–water partition coefficient (Wildman–Crippen LogP) is 3.34. The summed E-state index contributed by atoms with van der Waals surface area (Å²) >= 11 is 0. The first-order chi connectivity index (χ1) is 13.1. The van der Waals surface area contributed by atoms with E-state index in [1.54, 1.807) is 24.1 Å². The van der Waals surface area contributed by atoms with Gasteiger partial charge in [0.25, 0.3) is 0 Å². The molecule has 1 aliphatic rings. The number of aromatic nitrogens is 2. The predicted molar refractivity (Wildman–Crippen MR) is 105 cm³/mol. The maximum absolute atomic E-state index is 15.0. The number of hydrogen-bond donors (Lipinski definition) is 0. The van der Waals surface area contributed by atoms with Crippen molar-refractivity contribution in [1.29, 1.82) is 0 Å². The molecule has 28 heavy (non-hydrogen) atoms. The summed E-state index contributed by atoms with van der Waals surface area (Å²) in [4.78, 5) is 0. The monoisotopic (exact) mass is 392 g/mol. The van der Waals surface area contributed by atoms with E-state index in [-0.39, 0.29) is 11.0 Å². The zero-order valence-corrected chi connectivity index (χ0v) is 17.3. The lowest BCUT2D eigenvalue weighted by molar-refractivity contribution is 0.00578. The van der Waals surface area contributed by atoms with E-state index in [1.807, 2.05) is 34.6 Å². The molecule has 8 heteroatoms. The number of nitrogens with zero attached hydrogens (tertiary/aromatic N) is 2. The minimum Gasteiger partial charge on any atom is -0.399 e. The van der Waals surface area contributed by atoms with E-state index >= 15 is 4.39 Å². The van der Waals surface area contributed by atoms with Crippen LogP contribution in [0.2, 0.25) is 0 Å². The fourth-order valence-corrected chi connectivity index (χ4v) is 3.30. The third-order valence-electron chi connectivity index (χ3n) is 5.70. The normalized spacial score (nSPS) is 18.1. The molecule has 0 N–H and O–H groups in total. The molecule has 0 radical (unpaired) electrons. The van der Waals surface area contributed by atoms with Gasteiger partial charge in [0.1, 0.15) is 0 Å². The van der Waals surface area contributed by atoms with Gasteiger partial charge in [0, 0.05) is 29.4 Å². The van der Waals surface area contributed by atoms with Crippen molar-refractivity contribution in [2.45, 2.75) is 58.8 Å². The van der Waals surface area contributed by atoms with Crippen LogP contribution in [-0.4, -0.2) is 41.8 Å². The molecule has 0 spiro atoms. The van der Waals surface area contributed by atoms with E-state index in [0.717, 1.165) is 5.69 Å². The Labute approximate surface area is 165 Å². The van der Waals surface area contributed by atoms with Gasteiger partial charge < -0.3 is 14.0 Å². The van der Waals surface area contributed by atoms with Crippen LogP contribution in [0.1, 0.15) is 40.3 Å². The first-order valence-corrected chi connectivity index (χ1v) is 9.50. The van der Waals surface area contributed by atoms with E-state index in [0.29, 0.717) is 25.1 Å². The Balaban J connectivity index is 1.97. The lowest BCUT2D eigenvalue weighted by atomic mass is 9.77. The van der Waals surface area contributed by atoms with Gasteiger partial charge in [-0.1, -0.05) is 19.1 Å². The second-order valence-electron chi connectivity index (χ2n) is 7.99. The van der Waals surface area contributed by atoms with Crippen molar-refractivity contribution in [2.24, 2.45) is 0 Å². The fourth-order valence-electron chi connectivity index (χ4n) is 3.30. The molecule has 0 unspecified atom stereocenters. The summed E-state index contributed by atoms with van der Waals surface area (Å²) in [6.45, 7) is 10.5. The summed E-state index contributed by atoms with van der Waals surface area (Å²) in [5.41, 5.74) is 0.394. The summed E-state index contributed by atoms with van der Waals surface area (Å²) < 4.78 is 48.6. The molecule has 1 aromatic carbocycles. The number of benzene rings is 1. The first-order valence-electron chi connectivity index (χ1n) is 9.50. The van der Waals surface area contributed by atoms with Crippen LogP contribution in [0.5, 0.6) is 0 Å². The van der Waals surface area contributed by atoms with Crippen LogP contribution in [0.15, 0.2) is 18.3 Å². The fraction of sp³-hybridized carbons (Fsp3) is 0.550. The van der Waals surface area contributed by atoms with Crippen molar-refractivity contribution in [2.75, 3.05) is 13.7 Å². The van der Waals surface area contributed by atoms with Gasteiger partial charge in [-0.05, 0) is 34.1 Å². The zero-order chi connectivity index (χ0) is 20.7. The number of ether oxygens (including phenoxy) is 1. The molecular weight excluding hydrogens is 365 g/mol. The molecule has 0 atom stereocenters. The van der Waals surface area contributed by atoms with Gasteiger partial charge in [0.2, 0.25) is 0 Å². The van der Waals surface area contributed by atoms with Crippen molar-refractivity contribution in [3.8, 4) is 11.1 Å². The summed E-state index contributed by atoms with van der Waals surface area (Å²) in [6, 6.07) is 3.09. The van der Waals surface area contributed by atoms with Gasteiger partial charge in [0.05, 0.1) is 30.6 Å². The highest BCUT2D eigenvalue weighted by atomic mass is 19.2. The van der Waals surface area contributed by atoms with Gasteiger partial charge >= 0.3 is 7.12 Å². The molecule has 0 aliphatic carbocycles. The maximum atomic E-state index is 15.0. The van der Waals surface area contributed by atoms with Crippen LogP contribution >= 0.6 is 0 Å². The average Bonchev–Trinajstić information content (AvgIpc) is 3.12. The lowest BCUT2D eigenvalue weighted by Gasteiger charge is -2.32. The van der Waals surface area contributed by atoms with Crippen LogP contribution in [0.3, 0.4) is 0 Å². The number of halogens is 2. The second kappa shape index (κ2) is 7.57. The van der Waals surface area contributed by atoms with Gasteiger partial charge in [-0.2, -0.15) is 5.10 Å². The Hall–Kier alpha value is -1.77. The lowest BCUT2D eigenvalue weighted by Crippen LogP contribution is -2.41. The van der Waals surface area contributed by atoms with Crippen molar-refractivity contribution < 1.29 is 22.8 Å². The largest absolute Gasteiger partial charge is 0.497 e. The second-order valence-corrected chi connectivity index (χ2v) is 7.99. The van der Waals surface area contributed by atoms with Gasteiger partial charge in [0.15, 0.2) is 11.6 Å². The molecule has 2 heterocycles. The van der Waals surface area contributed by atoms with Gasteiger partial charge in [-0.3, -0.25) is 4.68 Å². The zero-order valence-electron chi connectivity index (χ0n) is 17.3. The molecule has 1 fully saturated rings. The van der Waals surface area contributed by atoms with Gasteiger partial charge in [-0.25, -0.2) is 8.78 Å². The molecule has 0 amide bonds. The highest BCUT2D eigenvalue weighted by Gasteiger charge is 2.52. The van der Waals surface area contributed by atoms with Crippen LogP contribution in [0.4, 0.5) is 8.78 Å². The van der Waals surface area contributed by atoms with Crippen molar-refractivity contribution in [3.05, 3.63) is 35.7 Å². The molecule has 3 rings (SSSR count). The first kappa shape index (κ1) is 21.0. The minimum absolute atomic E-state index is 0.0599. The van der Waals surface area contributed by atoms with E-state index < -0.39 is 30.0 Å². The van der Waals surface area contributed by atoms with Crippen molar-refractivity contribution >= 4 is 12.6 Å². The SMILES string of the molecule is CCc1c(-c2ccc(B3OC(C)(C)C(C)(C)O3)c(F)c2F)cnn1CCOC. The van der Waals surface area contributed by atoms with Crippen LogP contribution in [0.25, 0.3) is 11.1 Å². The summed E-state index contributed by atoms with van der Waals surface area (Å²) in [5.74, 6) is -1.88. The molecule has 2 aromatic rings. The summed E-state index contributed by atoms with van der Waals surface area (Å²) in [7, 11) is 0.656. The maximum Gasteiger partial charge on any atom is 0.497 e. The van der Waals surface area contributed by atoms with Crippen molar-refractivity contribution in [3.63, 3.8) is 0 Å². The van der Waals surface area contributed by atoms with E-state index in [9.17, 15) is 4.39 Å². The van der Waals surface area contributed by atoms with Gasteiger partial charge in [-0.15, -0.1) is 0 Å². The topological polar surface area (TPSA) is 45.5 Å². The third-order valence-corrected chi connectivity index (χ3v) is 5.70. The van der Waals surface area contributed by atoms with Crippen molar-refractivity contribution in [1.82, 2.24) is 9.78 Å². The third kappa shape index (κ3) is 3.49. The summed E-state index contributed by atoms with van der Waals surface area (Å²) in [5, 5.41) is 4.31. The van der Waals surface area contributed by atoms with Crippen LogP contribution in [-0.2, 0) is 27.0 Å². The Bertz CT molecular complexity index is 851. The van der Waals surface area contributed by atoms with E-state index in [2.05, 4.69) is 5.10 Å². The van der Waals surface area contributed by atoms with Crippen LogP contribution < -0.4 is 5.46 Å². The average molecular weight is 392 g/mol. The highest BCUT2D eigenvalue weighted by Crippen LogP contribution is 2.37. The summed E-state index contributed by atoms with van der Waals surface area (Å²) in [6.07, 6.45) is 2.21. The number of rotatable bonds is 6. The Morgan fingerprint density at radius 3 is 2.29 bits per heavy atom. The smallest absolute Gasteiger partial charge is 0.399 e. The molecule has 5 nitrogen and oxygen atoms in total. The Kier molecular flexibility index (Phi) is 5.67. The molecule has 1 aromatic heterocycles. The molecule has 1 aliphatic heterocycles.